The van der Waals surface area contributed by atoms with E-state index >= 15 is 0 Å². The predicted octanol–water partition coefficient (Wildman–Crippen LogP) is 2.91. The van der Waals surface area contributed by atoms with Crippen molar-refractivity contribution in [3.05, 3.63) is 87.3 Å². The van der Waals surface area contributed by atoms with Crippen LogP contribution in [0, 0.1) is 5.82 Å². The zero-order valence-corrected chi connectivity index (χ0v) is 19.9. The molecule has 180 valence electrons. The average Bonchev–Trinajstić information content (AvgIpc) is 3.27. The number of carbonyl (C=O) groups is 1. The van der Waals surface area contributed by atoms with Gasteiger partial charge in [-0.15, -0.1) is 0 Å². The molecule has 0 atom stereocenters. The van der Waals surface area contributed by atoms with Crippen LogP contribution in [0.5, 0.6) is 0 Å². The number of pyridine rings is 2. The number of aromatic nitrogens is 3. The third-order valence-corrected chi connectivity index (χ3v) is 6.76. The van der Waals surface area contributed by atoms with E-state index in [2.05, 4.69) is 9.88 Å². The monoisotopic (exact) mass is 494 g/mol. The number of hydrogen-bond acceptors (Lipinski definition) is 5. The number of halogens is 2. The molecule has 5 rings (SSSR count). The maximum Gasteiger partial charge on any atom is 0.272 e. The molecule has 35 heavy (non-hydrogen) atoms. The molecular formula is C25H24ClFN6O2. The van der Waals surface area contributed by atoms with Gasteiger partial charge in [-0.05, 0) is 35.9 Å². The van der Waals surface area contributed by atoms with Gasteiger partial charge in [0.25, 0.3) is 11.5 Å². The highest BCUT2D eigenvalue weighted by Crippen LogP contribution is 2.32. The van der Waals surface area contributed by atoms with E-state index in [9.17, 15) is 14.0 Å². The molecule has 0 spiro atoms. The number of piperazine rings is 1. The molecule has 1 aromatic carbocycles. The van der Waals surface area contributed by atoms with Gasteiger partial charge in [0.15, 0.2) is 0 Å². The molecule has 0 radical (unpaired) electrons. The Morgan fingerprint density at radius 1 is 1.11 bits per heavy atom. The van der Waals surface area contributed by atoms with Gasteiger partial charge in [0.2, 0.25) is 0 Å². The van der Waals surface area contributed by atoms with Crippen LogP contribution in [0.3, 0.4) is 0 Å². The minimum Gasteiger partial charge on any atom is -0.354 e. The maximum atomic E-state index is 13.6. The Balaban J connectivity index is 1.44. The van der Waals surface area contributed by atoms with Gasteiger partial charge in [-0.25, -0.2) is 9.37 Å². The number of rotatable bonds is 4. The Kier molecular flexibility index (Phi) is 6.04. The van der Waals surface area contributed by atoms with Crippen molar-refractivity contribution in [3.63, 3.8) is 0 Å². The van der Waals surface area contributed by atoms with Crippen LogP contribution in [0.4, 0.5) is 10.2 Å². The molecule has 8 nitrogen and oxygen atoms in total. The molecular weight excluding hydrogens is 471 g/mol. The Morgan fingerprint density at radius 3 is 2.60 bits per heavy atom. The van der Waals surface area contributed by atoms with Crippen LogP contribution in [0.15, 0.2) is 59.7 Å². The molecule has 10 heteroatoms. The van der Waals surface area contributed by atoms with E-state index in [4.69, 9.17) is 17.3 Å². The van der Waals surface area contributed by atoms with Crippen LogP contribution in [-0.4, -0.2) is 50.9 Å². The first-order valence-corrected chi connectivity index (χ1v) is 11.6. The standard InChI is InChI=1S/C25H24ClFN6O2/c1-30-23(3-2-4-24(30)34)31-7-9-32(10-8-31)25(35)21-14-29-22-11-16(13-28)19(15-33(21)22)18-6-5-17(27)12-20(18)26/h2-6,11-12,14-15H,7-10,13,28H2,1H3. The molecule has 1 aliphatic rings. The minimum atomic E-state index is -0.428. The second-order valence-corrected chi connectivity index (χ2v) is 8.88. The highest BCUT2D eigenvalue weighted by molar-refractivity contribution is 6.33. The van der Waals surface area contributed by atoms with Gasteiger partial charge in [0.1, 0.15) is 23.0 Å². The smallest absolute Gasteiger partial charge is 0.272 e. The summed E-state index contributed by atoms with van der Waals surface area (Å²) in [6, 6.07) is 11.2. The second-order valence-electron chi connectivity index (χ2n) is 8.47. The van der Waals surface area contributed by atoms with E-state index < -0.39 is 5.82 Å². The number of nitrogens with zero attached hydrogens (tertiary/aromatic N) is 5. The van der Waals surface area contributed by atoms with Gasteiger partial charge in [0.05, 0.1) is 11.2 Å². The molecule has 4 aromatic rings. The van der Waals surface area contributed by atoms with Gasteiger partial charge in [-0.3, -0.25) is 18.6 Å². The molecule has 4 heterocycles. The molecule has 0 unspecified atom stereocenters. The number of hydrogen-bond donors (Lipinski definition) is 1. The average molecular weight is 495 g/mol. The molecule has 1 fully saturated rings. The van der Waals surface area contributed by atoms with E-state index in [1.165, 1.54) is 18.2 Å². The van der Waals surface area contributed by atoms with Crippen molar-refractivity contribution in [1.29, 1.82) is 0 Å². The summed E-state index contributed by atoms with van der Waals surface area (Å²) in [6.45, 7) is 2.46. The van der Waals surface area contributed by atoms with Gasteiger partial charge in [0, 0.05) is 63.2 Å². The van der Waals surface area contributed by atoms with Crippen LogP contribution in [0.1, 0.15) is 16.1 Å². The van der Waals surface area contributed by atoms with Gasteiger partial charge < -0.3 is 15.5 Å². The lowest BCUT2D eigenvalue weighted by Gasteiger charge is -2.36. The lowest BCUT2D eigenvalue weighted by atomic mass is 10.0. The minimum absolute atomic E-state index is 0.0688. The summed E-state index contributed by atoms with van der Waals surface area (Å²) in [5.41, 5.74) is 9.04. The Hall–Kier alpha value is -3.69. The zero-order valence-electron chi connectivity index (χ0n) is 19.1. The van der Waals surface area contributed by atoms with Crippen LogP contribution >= 0.6 is 11.6 Å². The summed E-state index contributed by atoms with van der Waals surface area (Å²) in [6.07, 6.45) is 3.34. The fourth-order valence-electron chi connectivity index (χ4n) is 4.51. The van der Waals surface area contributed by atoms with Crippen LogP contribution < -0.4 is 16.2 Å². The van der Waals surface area contributed by atoms with Gasteiger partial charge >= 0.3 is 0 Å². The first kappa shape index (κ1) is 23.1. The van der Waals surface area contributed by atoms with E-state index in [1.807, 2.05) is 12.1 Å². The third kappa shape index (κ3) is 4.17. The first-order chi connectivity index (χ1) is 16.9. The van der Waals surface area contributed by atoms with Crippen molar-refractivity contribution in [2.24, 2.45) is 12.8 Å². The van der Waals surface area contributed by atoms with Crippen LogP contribution in [0.2, 0.25) is 5.02 Å². The number of imidazole rings is 1. The van der Waals surface area contributed by atoms with Crippen molar-refractivity contribution in [1.82, 2.24) is 18.9 Å². The molecule has 0 bridgehead atoms. The van der Waals surface area contributed by atoms with Crippen molar-refractivity contribution in [2.75, 3.05) is 31.1 Å². The van der Waals surface area contributed by atoms with Crippen molar-refractivity contribution in [2.45, 2.75) is 6.54 Å². The van der Waals surface area contributed by atoms with Gasteiger partial charge in [-0.2, -0.15) is 0 Å². The lowest BCUT2D eigenvalue weighted by molar-refractivity contribution is 0.0739. The Bertz CT molecular complexity index is 1490. The largest absolute Gasteiger partial charge is 0.354 e. The maximum absolute atomic E-state index is 13.6. The summed E-state index contributed by atoms with van der Waals surface area (Å²) in [5.74, 6) is 0.257. The summed E-state index contributed by atoms with van der Waals surface area (Å²) in [4.78, 5) is 33.7. The first-order valence-electron chi connectivity index (χ1n) is 11.2. The predicted molar refractivity (Wildman–Crippen MR) is 133 cm³/mol. The molecule has 0 aliphatic carbocycles. The number of benzene rings is 1. The molecule has 2 N–H and O–H groups in total. The third-order valence-electron chi connectivity index (χ3n) is 6.44. The summed E-state index contributed by atoms with van der Waals surface area (Å²) < 4.78 is 16.9. The molecule has 1 amide bonds. The van der Waals surface area contributed by atoms with Crippen LogP contribution in [-0.2, 0) is 13.6 Å². The topological polar surface area (TPSA) is 88.9 Å². The van der Waals surface area contributed by atoms with E-state index in [0.717, 1.165) is 11.4 Å². The number of anilines is 1. The van der Waals surface area contributed by atoms with Crippen molar-refractivity contribution in [3.8, 4) is 11.1 Å². The molecule has 1 aliphatic heterocycles. The zero-order chi connectivity index (χ0) is 24.7. The molecule has 1 saturated heterocycles. The second kappa shape index (κ2) is 9.16. The number of amides is 1. The van der Waals surface area contributed by atoms with Gasteiger partial charge in [-0.1, -0.05) is 17.7 Å². The van der Waals surface area contributed by atoms with Crippen LogP contribution in [0.25, 0.3) is 16.8 Å². The highest BCUT2D eigenvalue weighted by atomic mass is 35.5. The summed E-state index contributed by atoms with van der Waals surface area (Å²) in [7, 11) is 1.74. The fraction of sp³-hybridized carbons (Fsp3) is 0.240. The Labute approximate surface area is 206 Å². The van der Waals surface area contributed by atoms with E-state index in [0.29, 0.717) is 48.6 Å². The summed E-state index contributed by atoms with van der Waals surface area (Å²) in [5, 5.41) is 0.262. The quantitative estimate of drug-likeness (QED) is 0.471. The number of nitrogens with two attached hydrogens (primary N) is 1. The van der Waals surface area contributed by atoms with Crippen molar-refractivity contribution < 1.29 is 9.18 Å². The number of carbonyl (C=O) groups excluding carboxylic acids is 1. The van der Waals surface area contributed by atoms with Crippen molar-refractivity contribution >= 4 is 29.0 Å². The molecule has 0 saturated carbocycles. The number of fused-ring (bicyclic) bond motifs is 1. The van der Waals surface area contributed by atoms with E-state index in [-0.39, 0.29) is 23.0 Å². The normalized spacial score (nSPS) is 14.1. The fourth-order valence-corrected chi connectivity index (χ4v) is 4.78. The summed E-state index contributed by atoms with van der Waals surface area (Å²) >= 11 is 6.32. The van der Waals surface area contributed by atoms with E-state index in [1.54, 1.807) is 45.4 Å². The molecule has 3 aromatic heterocycles. The lowest BCUT2D eigenvalue weighted by Crippen LogP contribution is -2.50. The SMILES string of the molecule is Cn1c(N2CCN(C(=O)c3cnc4cc(CN)c(-c5ccc(F)cc5Cl)cn34)CC2)cccc1=O. The Morgan fingerprint density at radius 2 is 1.89 bits per heavy atom. The highest BCUT2D eigenvalue weighted by Gasteiger charge is 2.26.